The van der Waals surface area contributed by atoms with Crippen molar-refractivity contribution in [1.82, 2.24) is 4.90 Å². The Morgan fingerprint density at radius 1 is 1.10 bits per heavy atom. The number of carbonyl (C=O) groups is 1. The quantitative estimate of drug-likeness (QED) is 0.496. The molecule has 1 heterocycles. The number of hydrogen-bond acceptors (Lipinski definition) is 5. The summed E-state index contributed by atoms with van der Waals surface area (Å²) in [5, 5.41) is 0.712. The molecule has 1 aliphatic heterocycles. The number of thioether (sulfide) groups is 1. The van der Waals surface area contributed by atoms with Crippen LogP contribution in [0.15, 0.2) is 58.4 Å². The third-order valence-corrected chi connectivity index (χ3v) is 5.25. The molecular weight excluding hydrogens is 396 g/mol. The van der Waals surface area contributed by atoms with Gasteiger partial charge in [0.1, 0.15) is 0 Å². The van der Waals surface area contributed by atoms with Crippen LogP contribution in [0.25, 0.3) is 6.08 Å². The number of ether oxygens (including phenoxy) is 2. The maximum atomic E-state index is 13.0. The first-order chi connectivity index (χ1) is 14.5. The van der Waals surface area contributed by atoms with Crippen molar-refractivity contribution >= 4 is 34.6 Å². The van der Waals surface area contributed by atoms with Crippen molar-refractivity contribution in [1.29, 1.82) is 0 Å². The van der Waals surface area contributed by atoms with Gasteiger partial charge in [0, 0.05) is 6.54 Å². The van der Waals surface area contributed by atoms with E-state index in [2.05, 4.69) is 6.92 Å². The molecule has 0 aliphatic carbocycles. The molecule has 0 radical (unpaired) electrons. The summed E-state index contributed by atoms with van der Waals surface area (Å²) in [7, 11) is 0. The van der Waals surface area contributed by atoms with E-state index in [0.29, 0.717) is 34.7 Å². The van der Waals surface area contributed by atoms with E-state index in [1.807, 2.05) is 75.4 Å². The van der Waals surface area contributed by atoms with Gasteiger partial charge in [0.15, 0.2) is 16.7 Å². The zero-order valence-electron chi connectivity index (χ0n) is 17.9. The topological polar surface area (TPSA) is 51.1 Å². The first-order valence-electron chi connectivity index (χ1n) is 10.3. The molecule has 1 aliphatic rings. The average molecular weight is 425 g/mol. The van der Waals surface area contributed by atoms with Gasteiger partial charge in [-0.25, -0.2) is 4.99 Å². The standard InChI is InChI=1S/C24H28N2O3S/c1-5-14-26-23(27)22(30-24(26)25-19-10-8-7-9-11-19)16-18-12-13-20(29-17(3)4)21(15-18)28-6-2/h7-13,15-17H,5-6,14H2,1-4H3/b22-16+,25-24?. The molecule has 1 amide bonds. The van der Waals surface area contributed by atoms with Crippen LogP contribution < -0.4 is 9.47 Å². The van der Waals surface area contributed by atoms with Crippen LogP contribution in [-0.2, 0) is 4.79 Å². The van der Waals surface area contributed by atoms with Crippen molar-refractivity contribution in [3.05, 3.63) is 59.0 Å². The number of amidine groups is 1. The highest BCUT2D eigenvalue weighted by Crippen LogP contribution is 2.36. The third kappa shape index (κ3) is 5.45. The minimum absolute atomic E-state index is 0.0167. The lowest BCUT2D eigenvalue weighted by Gasteiger charge is -2.15. The molecule has 0 atom stereocenters. The van der Waals surface area contributed by atoms with Crippen molar-refractivity contribution in [3.8, 4) is 11.5 Å². The lowest BCUT2D eigenvalue weighted by Crippen LogP contribution is -2.29. The molecule has 3 rings (SSSR count). The second kappa shape index (κ2) is 10.3. The second-order valence-corrected chi connectivity index (χ2v) is 8.11. The molecule has 0 unspecified atom stereocenters. The maximum Gasteiger partial charge on any atom is 0.266 e. The molecule has 6 heteroatoms. The molecule has 0 N–H and O–H groups in total. The van der Waals surface area contributed by atoms with E-state index in [9.17, 15) is 4.79 Å². The fourth-order valence-corrected chi connectivity index (χ4v) is 4.04. The van der Waals surface area contributed by atoms with E-state index in [-0.39, 0.29) is 12.0 Å². The van der Waals surface area contributed by atoms with E-state index >= 15 is 0 Å². The number of benzene rings is 2. The minimum atomic E-state index is -0.0167. The molecule has 1 saturated heterocycles. The predicted octanol–water partition coefficient (Wildman–Crippen LogP) is 5.89. The Hall–Kier alpha value is -2.73. The van der Waals surface area contributed by atoms with Gasteiger partial charge < -0.3 is 9.47 Å². The zero-order chi connectivity index (χ0) is 21.5. The first kappa shape index (κ1) is 22.0. The Labute approximate surface area is 182 Å². The molecule has 0 saturated carbocycles. The van der Waals surface area contributed by atoms with E-state index in [1.54, 1.807) is 4.90 Å². The number of rotatable bonds is 8. The summed E-state index contributed by atoms with van der Waals surface area (Å²) >= 11 is 1.41. The summed E-state index contributed by atoms with van der Waals surface area (Å²) in [6.07, 6.45) is 2.81. The molecule has 0 aromatic heterocycles. The van der Waals surface area contributed by atoms with Gasteiger partial charge in [0.25, 0.3) is 5.91 Å². The molecule has 0 bridgehead atoms. The van der Waals surface area contributed by atoms with E-state index in [1.165, 1.54) is 11.8 Å². The van der Waals surface area contributed by atoms with Gasteiger partial charge in [-0.05, 0) is 74.9 Å². The van der Waals surface area contributed by atoms with E-state index in [4.69, 9.17) is 14.5 Å². The van der Waals surface area contributed by atoms with Crippen LogP contribution in [0.4, 0.5) is 5.69 Å². The summed E-state index contributed by atoms with van der Waals surface area (Å²) in [6, 6.07) is 15.5. The lowest BCUT2D eigenvalue weighted by molar-refractivity contribution is -0.122. The third-order valence-electron chi connectivity index (χ3n) is 4.24. The summed E-state index contributed by atoms with van der Waals surface area (Å²) in [6.45, 7) is 9.14. The van der Waals surface area contributed by atoms with Gasteiger partial charge in [-0.15, -0.1) is 0 Å². The van der Waals surface area contributed by atoms with Crippen LogP contribution >= 0.6 is 11.8 Å². The van der Waals surface area contributed by atoms with Crippen LogP contribution in [0.2, 0.25) is 0 Å². The monoisotopic (exact) mass is 424 g/mol. The molecule has 2 aromatic rings. The second-order valence-electron chi connectivity index (χ2n) is 7.10. The van der Waals surface area contributed by atoms with Crippen LogP contribution in [0.1, 0.15) is 39.7 Å². The van der Waals surface area contributed by atoms with Gasteiger partial charge >= 0.3 is 0 Å². The molecule has 0 spiro atoms. The number of amides is 1. The number of hydrogen-bond donors (Lipinski definition) is 0. The van der Waals surface area contributed by atoms with E-state index in [0.717, 1.165) is 17.7 Å². The Morgan fingerprint density at radius 2 is 1.87 bits per heavy atom. The summed E-state index contributed by atoms with van der Waals surface area (Å²) in [5.41, 5.74) is 1.73. The summed E-state index contributed by atoms with van der Waals surface area (Å²) in [4.78, 5) is 20.1. The van der Waals surface area contributed by atoms with Crippen molar-refractivity contribution in [2.75, 3.05) is 13.2 Å². The van der Waals surface area contributed by atoms with Crippen LogP contribution in [0, 0.1) is 0 Å². The summed E-state index contributed by atoms with van der Waals surface area (Å²) < 4.78 is 11.6. The van der Waals surface area contributed by atoms with Crippen LogP contribution in [0.3, 0.4) is 0 Å². The number of aliphatic imine (C=N–C) groups is 1. The van der Waals surface area contributed by atoms with Gasteiger partial charge in [0.05, 0.1) is 23.3 Å². The fourth-order valence-electron chi connectivity index (χ4n) is 3.01. The molecule has 2 aromatic carbocycles. The Morgan fingerprint density at radius 3 is 2.53 bits per heavy atom. The average Bonchev–Trinajstić information content (AvgIpc) is 3.00. The SMILES string of the molecule is CCCN1C(=O)/C(=C\c2ccc(OC(C)C)c(OCC)c2)SC1=Nc1ccccc1. The minimum Gasteiger partial charge on any atom is -0.490 e. The maximum absolute atomic E-state index is 13.0. The van der Waals surface area contributed by atoms with Crippen molar-refractivity contribution in [2.45, 2.75) is 40.2 Å². The molecule has 158 valence electrons. The van der Waals surface area contributed by atoms with Crippen LogP contribution in [-0.4, -0.2) is 35.2 Å². The van der Waals surface area contributed by atoms with Crippen molar-refractivity contribution in [2.24, 2.45) is 4.99 Å². The normalized spacial score (nSPS) is 16.7. The van der Waals surface area contributed by atoms with Gasteiger partial charge in [0.2, 0.25) is 0 Å². The highest BCUT2D eigenvalue weighted by Gasteiger charge is 2.32. The molecule has 1 fully saturated rings. The van der Waals surface area contributed by atoms with Crippen molar-refractivity contribution in [3.63, 3.8) is 0 Å². The summed E-state index contributed by atoms with van der Waals surface area (Å²) in [5.74, 6) is 1.37. The van der Waals surface area contributed by atoms with Gasteiger partial charge in [-0.3, -0.25) is 9.69 Å². The largest absolute Gasteiger partial charge is 0.490 e. The van der Waals surface area contributed by atoms with Crippen molar-refractivity contribution < 1.29 is 14.3 Å². The molecule has 30 heavy (non-hydrogen) atoms. The molecule has 5 nitrogen and oxygen atoms in total. The Kier molecular flexibility index (Phi) is 7.57. The smallest absolute Gasteiger partial charge is 0.266 e. The molecular formula is C24H28N2O3S. The fraction of sp³-hybridized carbons (Fsp3) is 0.333. The highest BCUT2D eigenvalue weighted by atomic mass is 32.2. The predicted molar refractivity (Wildman–Crippen MR) is 124 cm³/mol. The number of nitrogens with zero attached hydrogens (tertiary/aromatic N) is 2. The first-order valence-corrected chi connectivity index (χ1v) is 11.1. The van der Waals surface area contributed by atoms with Crippen LogP contribution in [0.5, 0.6) is 11.5 Å². The number of para-hydroxylation sites is 1. The Bertz CT molecular complexity index is 939. The van der Waals surface area contributed by atoms with Gasteiger partial charge in [-0.2, -0.15) is 0 Å². The zero-order valence-corrected chi connectivity index (χ0v) is 18.7. The highest BCUT2D eigenvalue weighted by molar-refractivity contribution is 8.18. The van der Waals surface area contributed by atoms with Gasteiger partial charge in [-0.1, -0.05) is 31.2 Å². The number of carbonyl (C=O) groups excluding carboxylic acids is 1. The Balaban J connectivity index is 1.91. The van der Waals surface area contributed by atoms with E-state index < -0.39 is 0 Å². The lowest BCUT2D eigenvalue weighted by atomic mass is 10.1.